The number of aryl methyl sites for hydroxylation is 1. The van der Waals surface area contributed by atoms with Gasteiger partial charge in [-0.3, -0.25) is 4.79 Å². The van der Waals surface area contributed by atoms with E-state index in [-0.39, 0.29) is 5.91 Å². The predicted molar refractivity (Wildman–Crippen MR) is 88.9 cm³/mol. The Morgan fingerprint density at radius 1 is 1.09 bits per heavy atom. The molecule has 0 heterocycles. The molecule has 0 aliphatic carbocycles. The van der Waals surface area contributed by atoms with Crippen LogP contribution in [0.3, 0.4) is 0 Å². The molecule has 116 valence electrons. The minimum Gasteiger partial charge on any atom is -0.372 e. The monoisotopic (exact) mass is 297 g/mol. The maximum absolute atomic E-state index is 12.4. The van der Waals surface area contributed by atoms with Gasteiger partial charge in [-0.15, -0.1) is 0 Å². The Balaban J connectivity index is 2.16. The molecule has 1 amide bonds. The molecule has 0 bridgehead atoms. The van der Waals surface area contributed by atoms with Gasteiger partial charge < -0.3 is 10.1 Å². The molecule has 0 aromatic heterocycles. The summed E-state index contributed by atoms with van der Waals surface area (Å²) in [5.41, 5.74) is 2.25. The van der Waals surface area contributed by atoms with Crippen molar-refractivity contribution in [1.82, 2.24) is 5.32 Å². The second kappa shape index (κ2) is 7.23. The Morgan fingerprint density at radius 2 is 1.73 bits per heavy atom. The van der Waals surface area contributed by atoms with Crippen LogP contribution in [0.2, 0.25) is 0 Å². The lowest BCUT2D eigenvalue weighted by Gasteiger charge is -2.32. The van der Waals surface area contributed by atoms with Gasteiger partial charge in [0.15, 0.2) is 0 Å². The quantitative estimate of drug-likeness (QED) is 0.883. The average Bonchev–Trinajstić information content (AvgIpc) is 2.57. The molecule has 0 unspecified atom stereocenters. The number of nitrogens with one attached hydrogen (secondary N) is 1. The van der Waals surface area contributed by atoms with E-state index in [1.165, 1.54) is 0 Å². The first-order valence-electron chi connectivity index (χ1n) is 7.57. The van der Waals surface area contributed by atoms with Crippen LogP contribution in [0.1, 0.15) is 34.8 Å². The molecule has 0 aliphatic rings. The molecule has 1 atom stereocenters. The van der Waals surface area contributed by atoms with Crippen LogP contribution in [0.4, 0.5) is 0 Å². The SMILES string of the molecule is CC[C@@](CNC(=O)c1ccccc1C)(OC)c1ccccc1. The van der Waals surface area contributed by atoms with Gasteiger partial charge in [0.05, 0.1) is 6.54 Å². The molecule has 0 aliphatic heterocycles. The third-order valence-electron chi connectivity index (χ3n) is 4.19. The topological polar surface area (TPSA) is 38.3 Å². The van der Waals surface area contributed by atoms with Crippen molar-refractivity contribution < 1.29 is 9.53 Å². The van der Waals surface area contributed by atoms with Crippen molar-refractivity contribution in [3.05, 3.63) is 71.3 Å². The van der Waals surface area contributed by atoms with Gasteiger partial charge in [-0.05, 0) is 30.5 Å². The van der Waals surface area contributed by atoms with Crippen molar-refractivity contribution in [3.63, 3.8) is 0 Å². The summed E-state index contributed by atoms with van der Waals surface area (Å²) < 4.78 is 5.77. The summed E-state index contributed by atoms with van der Waals surface area (Å²) >= 11 is 0. The number of hydrogen-bond acceptors (Lipinski definition) is 2. The van der Waals surface area contributed by atoms with E-state index in [1.807, 2.05) is 61.5 Å². The molecule has 2 rings (SSSR count). The maximum atomic E-state index is 12.4. The number of hydrogen-bond donors (Lipinski definition) is 1. The number of carbonyl (C=O) groups is 1. The smallest absolute Gasteiger partial charge is 0.251 e. The van der Waals surface area contributed by atoms with Gasteiger partial charge in [-0.25, -0.2) is 0 Å². The Hall–Kier alpha value is -2.13. The second-order valence-electron chi connectivity index (χ2n) is 5.42. The first-order chi connectivity index (χ1) is 10.6. The minimum atomic E-state index is -0.500. The highest BCUT2D eigenvalue weighted by Crippen LogP contribution is 2.28. The minimum absolute atomic E-state index is 0.0658. The summed E-state index contributed by atoms with van der Waals surface area (Å²) in [6.45, 7) is 4.45. The van der Waals surface area contributed by atoms with E-state index < -0.39 is 5.60 Å². The van der Waals surface area contributed by atoms with Gasteiger partial charge in [0, 0.05) is 12.7 Å². The molecule has 1 N–H and O–H groups in total. The Morgan fingerprint density at radius 3 is 2.32 bits per heavy atom. The van der Waals surface area contributed by atoms with Crippen LogP contribution in [0.25, 0.3) is 0 Å². The Labute approximate surface area is 132 Å². The van der Waals surface area contributed by atoms with E-state index in [1.54, 1.807) is 7.11 Å². The summed E-state index contributed by atoms with van der Waals surface area (Å²) in [5, 5.41) is 3.02. The highest BCUT2D eigenvalue weighted by atomic mass is 16.5. The highest BCUT2D eigenvalue weighted by Gasteiger charge is 2.30. The standard InChI is InChI=1S/C19H23NO2/c1-4-19(22-3,16-11-6-5-7-12-16)14-20-18(21)17-13-9-8-10-15(17)2/h5-13H,4,14H2,1-3H3,(H,20,21)/t19-/m0/s1. The molecule has 0 saturated carbocycles. The fourth-order valence-electron chi connectivity index (χ4n) is 2.65. The lowest BCUT2D eigenvalue weighted by molar-refractivity contribution is -0.0164. The zero-order chi connectivity index (χ0) is 16.0. The lowest BCUT2D eigenvalue weighted by atomic mass is 9.90. The summed E-state index contributed by atoms with van der Waals surface area (Å²) in [7, 11) is 1.69. The van der Waals surface area contributed by atoms with Crippen LogP contribution in [-0.2, 0) is 10.3 Å². The Bertz CT molecular complexity index is 618. The van der Waals surface area contributed by atoms with E-state index in [2.05, 4.69) is 12.2 Å². The normalized spacial score (nSPS) is 13.4. The molecule has 2 aromatic carbocycles. The van der Waals surface area contributed by atoms with Crippen LogP contribution < -0.4 is 5.32 Å². The van der Waals surface area contributed by atoms with Gasteiger partial charge in [0.25, 0.3) is 5.91 Å². The molecule has 22 heavy (non-hydrogen) atoms. The third-order valence-corrected chi connectivity index (χ3v) is 4.19. The van der Waals surface area contributed by atoms with Crippen LogP contribution in [0.15, 0.2) is 54.6 Å². The molecular weight excluding hydrogens is 274 g/mol. The van der Waals surface area contributed by atoms with Crippen LogP contribution in [0.5, 0.6) is 0 Å². The molecule has 0 radical (unpaired) electrons. The van der Waals surface area contributed by atoms with Crippen LogP contribution in [-0.4, -0.2) is 19.6 Å². The van der Waals surface area contributed by atoms with Crippen LogP contribution in [0, 0.1) is 6.92 Å². The van der Waals surface area contributed by atoms with Crippen molar-refractivity contribution >= 4 is 5.91 Å². The molecular formula is C19H23NO2. The molecule has 2 aromatic rings. The number of rotatable bonds is 6. The Kier molecular flexibility index (Phi) is 5.34. The second-order valence-corrected chi connectivity index (χ2v) is 5.42. The molecule has 0 saturated heterocycles. The number of amides is 1. The first kappa shape index (κ1) is 16.2. The largest absolute Gasteiger partial charge is 0.372 e. The summed E-state index contributed by atoms with van der Waals surface area (Å²) in [5.74, 6) is -0.0658. The fraction of sp³-hybridized carbons (Fsp3) is 0.316. The predicted octanol–water partition coefficient (Wildman–Crippen LogP) is 3.68. The van der Waals surface area contributed by atoms with Gasteiger partial charge in [-0.2, -0.15) is 0 Å². The van der Waals surface area contributed by atoms with Gasteiger partial charge in [0.1, 0.15) is 5.60 Å². The molecule has 0 fully saturated rings. The highest BCUT2D eigenvalue weighted by molar-refractivity contribution is 5.95. The van der Waals surface area contributed by atoms with E-state index in [9.17, 15) is 4.79 Å². The van der Waals surface area contributed by atoms with E-state index in [0.717, 1.165) is 17.5 Å². The zero-order valence-electron chi connectivity index (χ0n) is 13.4. The lowest BCUT2D eigenvalue weighted by Crippen LogP contribution is -2.42. The number of benzene rings is 2. The molecule has 0 spiro atoms. The summed E-state index contributed by atoms with van der Waals surface area (Å²) in [4.78, 5) is 12.4. The van der Waals surface area contributed by atoms with Gasteiger partial charge in [0.2, 0.25) is 0 Å². The van der Waals surface area contributed by atoms with Crippen molar-refractivity contribution in [2.45, 2.75) is 25.9 Å². The summed E-state index contributed by atoms with van der Waals surface area (Å²) in [6, 6.07) is 17.6. The van der Waals surface area contributed by atoms with Gasteiger partial charge >= 0.3 is 0 Å². The van der Waals surface area contributed by atoms with E-state index in [4.69, 9.17) is 4.74 Å². The van der Waals surface area contributed by atoms with Crippen molar-refractivity contribution in [3.8, 4) is 0 Å². The number of carbonyl (C=O) groups excluding carboxylic acids is 1. The van der Waals surface area contributed by atoms with Crippen molar-refractivity contribution in [2.75, 3.05) is 13.7 Å². The van der Waals surface area contributed by atoms with Crippen molar-refractivity contribution in [1.29, 1.82) is 0 Å². The van der Waals surface area contributed by atoms with E-state index >= 15 is 0 Å². The first-order valence-corrected chi connectivity index (χ1v) is 7.57. The van der Waals surface area contributed by atoms with Crippen LogP contribution >= 0.6 is 0 Å². The van der Waals surface area contributed by atoms with Crippen molar-refractivity contribution in [2.24, 2.45) is 0 Å². The van der Waals surface area contributed by atoms with Gasteiger partial charge in [-0.1, -0.05) is 55.5 Å². The fourth-order valence-corrected chi connectivity index (χ4v) is 2.65. The van der Waals surface area contributed by atoms with E-state index in [0.29, 0.717) is 12.1 Å². The number of methoxy groups -OCH3 is 1. The zero-order valence-corrected chi connectivity index (χ0v) is 13.4. The average molecular weight is 297 g/mol. The summed E-state index contributed by atoms with van der Waals surface area (Å²) in [6.07, 6.45) is 0.779. The maximum Gasteiger partial charge on any atom is 0.251 e. The molecule has 3 nitrogen and oxygen atoms in total. The molecule has 3 heteroatoms. The third kappa shape index (κ3) is 3.37. The number of ether oxygens (including phenoxy) is 1.